The molecule has 1 saturated carbocycles. The van der Waals surface area contributed by atoms with Gasteiger partial charge >= 0.3 is 0 Å². The van der Waals surface area contributed by atoms with Crippen molar-refractivity contribution in [3.05, 3.63) is 23.8 Å². The molecule has 1 aliphatic carbocycles. The number of hydrogen-bond acceptors (Lipinski definition) is 4. The second-order valence-corrected chi connectivity index (χ2v) is 5.21. The Labute approximate surface area is 118 Å². The highest BCUT2D eigenvalue weighted by Gasteiger charge is 2.41. The van der Waals surface area contributed by atoms with E-state index in [0.29, 0.717) is 31.6 Å². The third-order valence-corrected chi connectivity index (χ3v) is 3.76. The van der Waals surface area contributed by atoms with E-state index in [9.17, 15) is 4.79 Å². The molecule has 1 aliphatic heterocycles. The van der Waals surface area contributed by atoms with Gasteiger partial charge in [-0.25, -0.2) is 0 Å². The summed E-state index contributed by atoms with van der Waals surface area (Å²) in [6.45, 7) is 2.02. The van der Waals surface area contributed by atoms with Crippen LogP contribution in [-0.2, 0) is 9.53 Å². The molecule has 3 rings (SSSR count). The molecule has 0 unspecified atom stereocenters. The largest absolute Gasteiger partial charge is 0.486 e. The van der Waals surface area contributed by atoms with Crippen LogP contribution in [0.3, 0.4) is 0 Å². The smallest absolute Gasteiger partial charge is 0.245 e. The number of carbonyl (C=O) groups excluding carboxylic acids is 1. The molecule has 5 heteroatoms. The van der Waals surface area contributed by atoms with Gasteiger partial charge in [-0.3, -0.25) is 4.79 Å². The lowest BCUT2D eigenvalue weighted by molar-refractivity contribution is -0.124. The van der Waals surface area contributed by atoms with Crippen LogP contribution in [-0.4, -0.2) is 39.4 Å². The number of para-hydroxylation sites is 1. The monoisotopic (exact) mass is 277 g/mol. The molecule has 2 aliphatic rings. The lowest BCUT2D eigenvalue weighted by Crippen LogP contribution is -2.29. The summed E-state index contributed by atoms with van der Waals surface area (Å²) in [5.41, 5.74) is 1.20. The van der Waals surface area contributed by atoms with Crippen LogP contribution in [0.25, 0.3) is 0 Å². The van der Waals surface area contributed by atoms with E-state index in [1.54, 1.807) is 0 Å². The summed E-state index contributed by atoms with van der Waals surface area (Å²) in [6.07, 6.45) is 1.08. The summed E-state index contributed by atoms with van der Waals surface area (Å²) >= 11 is 0. The van der Waals surface area contributed by atoms with Crippen molar-refractivity contribution >= 4 is 5.91 Å². The van der Waals surface area contributed by atoms with Gasteiger partial charge in [-0.1, -0.05) is 12.1 Å². The lowest BCUT2D eigenvalue weighted by Gasteiger charge is -2.21. The van der Waals surface area contributed by atoms with Gasteiger partial charge in [0.2, 0.25) is 5.91 Å². The van der Waals surface area contributed by atoms with Crippen molar-refractivity contribution in [2.45, 2.75) is 12.3 Å². The van der Waals surface area contributed by atoms with Crippen LogP contribution in [0.15, 0.2) is 18.2 Å². The maximum absolute atomic E-state index is 11.4. The molecule has 1 aromatic carbocycles. The van der Waals surface area contributed by atoms with E-state index in [1.807, 2.05) is 12.1 Å². The molecule has 1 N–H and O–H groups in total. The molecule has 0 bridgehead atoms. The molecule has 20 heavy (non-hydrogen) atoms. The Morgan fingerprint density at radius 1 is 1.40 bits per heavy atom. The fourth-order valence-corrected chi connectivity index (χ4v) is 2.67. The number of methoxy groups -OCH3 is 1. The summed E-state index contributed by atoms with van der Waals surface area (Å²) in [4.78, 5) is 11.4. The average Bonchev–Trinajstić information content (AvgIpc) is 3.24. The van der Waals surface area contributed by atoms with Crippen molar-refractivity contribution in [3.8, 4) is 11.5 Å². The molecule has 0 spiro atoms. The zero-order valence-electron chi connectivity index (χ0n) is 11.6. The number of nitrogens with one attached hydrogen (secondary N) is 1. The van der Waals surface area contributed by atoms with Crippen molar-refractivity contribution in [2.75, 3.05) is 33.5 Å². The van der Waals surface area contributed by atoms with Crippen LogP contribution in [0.5, 0.6) is 11.5 Å². The van der Waals surface area contributed by atoms with E-state index in [4.69, 9.17) is 14.2 Å². The minimum absolute atomic E-state index is 0.0622. The summed E-state index contributed by atoms with van der Waals surface area (Å²) in [6, 6.07) is 6.03. The third kappa shape index (κ3) is 2.72. The van der Waals surface area contributed by atoms with Gasteiger partial charge in [-0.2, -0.15) is 0 Å². The second kappa shape index (κ2) is 5.71. The fourth-order valence-electron chi connectivity index (χ4n) is 2.67. The van der Waals surface area contributed by atoms with Crippen LogP contribution >= 0.6 is 0 Å². The molecule has 2 atom stereocenters. The highest BCUT2D eigenvalue weighted by Crippen LogP contribution is 2.52. The molecule has 5 nitrogen and oxygen atoms in total. The molecule has 1 amide bonds. The molecule has 1 heterocycles. The Morgan fingerprint density at radius 2 is 2.25 bits per heavy atom. The van der Waals surface area contributed by atoms with Gasteiger partial charge in [-0.15, -0.1) is 0 Å². The summed E-state index contributed by atoms with van der Waals surface area (Å²) in [5.74, 6) is 2.59. The van der Waals surface area contributed by atoms with Gasteiger partial charge in [0.25, 0.3) is 0 Å². The summed E-state index contributed by atoms with van der Waals surface area (Å²) in [7, 11) is 1.52. The molecule has 0 aromatic heterocycles. The minimum atomic E-state index is -0.0622. The second-order valence-electron chi connectivity index (χ2n) is 5.21. The van der Waals surface area contributed by atoms with E-state index in [2.05, 4.69) is 11.4 Å². The van der Waals surface area contributed by atoms with Crippen molar-refractivity contribution in [1.82, 2.24) is 5.32 Å². The lowest BCUT2D eigenvalue weighted by atomic mass is 10.1. The molecule has 0 saturated heterocycles. The normalized spacial score (nSPS) is 23.2. The van der Waals surface area contributed by atoms with E-state index >= 15 is 0 Å². The quantitative estimate of drug-likeness (QED) is 0.882. The van der Waals surface area contributed by atoms with Crippen LogP contribution in [0.2, 0.25) is 0 Å². The van der Waals surface area contributed by atoms with Gasteiger partial charge < -0.3 is 19.5 Å². The number of amides is 1. The summed E-state index contributed by atoms with van der Waals surface area (Å²) < 4.78 is 16.1. The zero-order chi connectivity index (χ0) is 13.9. The third-order valence-electron chi connectivity index (χ3n) is 3.76. The Hall–Kier alpha value is -1.75. The predicted octanol–water partition coefficient (Wildman–Crippen LogP) is 1.32. The fraction of sp³-hybridized carbons (Fsp3) is 0.533. The van der Waals surface area contributed by atoms with Gasteiger partial charge in [-0.05, 0) is 24.3 Å². The summed E-state index contributed by atoms with van der Waals surface area (Å²) in [5, 5.41) is 2.89. The molecule has 108 valence electrons. The van der Waals surface area contributed by atoms with E-state index in [-0.39, 0.29) is 12.5 Å². The maximum atomic E-state index is 11.4. The molecular formula is C15H19NO4. The number of carbonyl (C=O) groups is 1. The van der Waals surface area contributed by atoms with Gasteiger partial charge in [0, 0.05) is 19.2 Å². The Balaban J connectivity index is 1.60. The molecule has 1 aromatic rings. The minimum Gasteiger partial charge on any atom is -0.486 e. The first-order valence-corrected chi connectivity index (χ1v) is 6.93. The first-order chi connectivity index (χ1) is 9.79. The molecular weight excluding hydrogens is 258 g/mol. The number of fused-ring (bicyclic) bond motifs is 1. The first-order valence-electron chi connectivity index (χ1n) is 6.93. The van der Waals surface area contributed by atoms with Gasteiger partial charge in [0.15, 0.2) is 11.5 Å². The number of benzene rings is 1. The highest BCUT2D eigenvalue weighted by molar-refractivity contribution is 5.77. The predicted molar refractivity (Wildman–Crippen MR) is 73.2 cm³/mol. The van der Waals surface area contributed by atoms with E-state index < -0.39 is 0 Å². The standard InChI is InChI=1S/C15H19NO4/c1-18-9-14(17)16-8-10-7-12(10)11-3-2-4-13-15(11)20-6-5-19-13/h2-4,10,12H,5-9H2,1H3,(H,16,17)/t10-,12+/m0/s1. The van der Waals surface area contributed by atoms with E-state index in [1.165, 1.54) is 12.7 Å². The number of hydrogen-bond donors (Lipinski definition) is 1. The molecule has 1 fully saturated rings. The van der Waals surface area contributed by atoms with Crippen molar-refractivity contribution in [2.24, 2.45) is 5.92 Å². The van der Waals surface area contributed by atoms with Crippen LogP contribution < -0.4 is 14.8 Å². The Bertz CT molecular complexity index is 503. The number of ether oxygens (including phenoxy) is 3. The van der Waals surface area contributed by atoms with Crippen molar-refractivity contribution in [1.29, 1.82) is 0 Å². The van der Waals surface area contributed by atoms with Crippen LogP contribution in [0.4, 0.5) is 0 Å². The van der Waals surface area contributed by atoms with Gasteiger partial charge in [0.1, 0.15) is 19.8 Å². The average molecular weight is 277 g/mol. The van der Waals surface area contributed by atoms with Crippen LogP contribution in [0, 0.1) is 5.92 Å². The van der Waals surface area contributed by atoms with Crippen molar-refractivity contribution < 1.29 is 19.0 Å². The topological polar surface area (TPSA) is 56.8 Å². The Kier molecular flexibility index (Phi) is 3.78. The van der Waals surface area contributed by atoms with Crippen molar-refractivity contribution in [3.63, 3.8) is 0 Å². The Morgan fingerprint density at radius 3 is 3.10 bits per heavy atom. The zero-order valence-corrected chi connectivity index (χ0v) is 11.6. The van der Waals surface area contributed by atoms with E-state index in [0.717, 1.165) is 17.9 Å². The maximum Gasteiger partial charge on any atom is 0.245 e. The van der Waals surface area contributed by atoms with Crippen LogP contribution in [0.1, 0.15) is 17.9 Å². The van der Waals surface area contributed by atoms with Gasteiger partial charge in [0.05, 0.1) is 0 Å². The SMILES string of the molecule is COCC(=O)NC[C@@H]1C[C@H]1c1cccc2c1OCCO2. The number of rotatable bonds is 5. The first kappa shape index (κ1) is 13.2. The molecule has 0 radical (unpaired) electrons. The highest BCUT2D eigenvalue weighted by atomic mass is 16.6.